The smallest absolute Gasteiger partial charge is 0.138 e. The van der Waals surface area contributed by atoms with Crippen LogP contribution in [0.25, 0.3) is 5.57 Å². The van der Waals surface area contributed by atoms with Crippen molar-refractivity contribution >= 4 is 11.4 Å². The number of allylic oxidation sites excluding steroid dienone is 2. The molecule has 0 heterocycles. The molecule has 2 aromatic rings. The maximum absolute atomic E-state index is 12.1. The number of nitrogens with two attached hydrogens (primary N) is 1. The second-order valence-corrected chi connectivity index (χ2v) is 7.68. The van der Waals surface area contributed by atoms with Gasteiger partial charge in [0.2, 0.25) is 0 Å². The summed E-state index contributed by atoms with van der Waals surface area (Å²) in [7, 11) is 0. The first-order valence-corrected chi connectivity index (χ1v) is 9.85. The summed E-state index contributed by atoms with van der Waals surface area (Å²) in [5.41, 5.74) is 11.5. The number of hydrogen-bond donors (Lipinski definition) is 2. The summed E-state index contributed by atoms with van der Waals surface area (Å²) >= 11 is 0. The fourth-order valence-electron chi connectivity index (χ4n) is 3.18. The molecule has 0 unspecified atom stereocenters. The lowest BCUT2D eigenvalue weighted by molar-refractivity contribution is -0.119. The fourth-order valence-corrected chi connectivity index (χ4v) is 3.18. The van der Waals surface area contributed by atoms with E-state index < -0.39 is 0 Å². The van der Waals surface area contributed by atoms with Crippen molar-refractivity contribution in [2.75, 3.05) is 6.61 Å². The van der Waals surface area contributed by atoms with Crippen LogP contribution in [0, 0.1) is 13.8 Å². The van der Waals surface area contributed by atoms with Crippen LogP contribution in [-0.2, 0) is 16.0 Å². The molecule has 1 atom stereocenters. The van der Waals surface area contributed by atoms with E-state index in [0.29, 0.717) is 18.6 Å². The minimum Gasteiger partial charge on any atom is -0.508 e. The molecule has 2 rings (SSSR count). The zero-order chi connectivity index (χ0) is 21.4. The number of benzene rings is 2. The molecule has 0 fully saturated rings. The van der Waals surface area contributed by atoms with E-state index in [1.807, 2.05) is 0 Å². The summed E-state index contributed by atoms with van der Waals surface area (Å²) in [6.45, 7) is 12.6. The molecule has 0 spiro atoms. The van der Waals surface area contributed by atoms with Crippen LogP contribution in [0.1, 0.15) is 41.5 Å². The Morgan fingerprint density at radius 2 is 1.69 bits per heavy atom. The van der Waals surface area contributed by atoms with E-state index in [-0.39, 0.29) is 30.6 Å². The van der Waals surface area contributed by atoms with Gasteiger partial charge in [0.25, 0.3) is 0 Å². The van der Waals surface area contributed by atoms with Crippen molar-refractivity contribution in [3.8, 4) is 5.75 Å². The van der Waals surface area contributed by atoms with Crippen LogP contribution < -0.4 is 5.73 Å². The molecule has 0 saturated heterocycles. The van der Waals surface area contributed by atoms with Crippen LogP contribution in [-0.4, -0.2) is 23.5 Å². The Labute approximate surface area is 173 Å². The third kappa shape index (κ3) is 7.96. The quantitative estimate of drug-likeness (QED) is 0.535. The van der Waals surface area contributed by atoms with Gasteiger partial charge in [-0.1, -0.05) is 54.6 Å². The minimum absolute atomic E-state index is 0.0422. The number of ketones is 1. The van der Waals surface area contributed by atoms with Crippen LogP contribution >= 0.6 is 0 Å². The van der Waals surface area contributed by atoms with Crippen molar-refractivity contribution in [2.24, 2.45) is 5.73 Å². The number of carbonyl (C=O) groups is 1. The molecule has 0 aliphatic heterocycles. The molecule has 0 amide bonds. The van der Waals surface area contributed by atoms with Crippen molar-refractivity contribution in [3.63, 3.8) is 0 Å². The van der Waals surface area contributed by atoms with Crippen LogP contribution in [0.15, 0.2) is 61.4 Å². The Morgan fingerprint density at radius 3 is 2.31 bits per heavy atom. The van der Waals surface area contributed by atoms with Crippen LogP contribution in [0.2, 0.25) is 0 Å². The normalized spacial score (nSPS) is 11.7. The molecule has 0 radical (unpaired) electrons. The number of aromatic hydroxyl groups is 1. The lowest BCUT2D eigenvalue weighted by Gasteiger charge is -2.15. The summed E-state index contributed by atoms with van der Waals surface area (Å²) in [4.78, 5) is 12.1. The first kappa shape index (κ1) is 22.4. The van der Waals surface area contributed by atoms with Crippen molar-refractivity contribution in [3.05, 3.63) is 83.6 Å². The summed E-state index contributed by atoms with van der Waals surface area (Å²) in [6.07, 6.45) is 1.96. The molecular weight excluding hydrogens is 362 g/mol. The van der Waals surface area contributed by atoms with E-state index in [9.17, 15) is 9.90 Å². The second kappa shape index (κ2) is 10.6. The monoisotopic (exact) mass is 393 g/mol. The topological polar surface area (TPSA) is 72.5 Å². The predicted octanol–water partition coefficient (Wildman–Crippen LogP) is 4.86. The molecule has 0 aliphatic carbocycles. The van der Waals surface area contributed by atoms with E-state index in [0.717, 1.165) is 23.1 Å². The van der Waals surface area contributed by atoms with Crippen molar-refractivity contribution < 1.29 is 14.6 Å². The van der Waals surface area contributed by atoms with Gasteiger partial charge in [-0.15, -0.1) is 0 Å². The molecule has 0 aromatic heterocycles. The summed E-state index contributed by atoms with van der Waals surface area (Å²) in [6, 6.07) is 12.6. The highest BCUT2D eigenvalue weighted by atomic mass is 16.5. The van der Waals surface area contributed by atoms with Crippen LogP contribution in [0.4, 0.5) is 0 Å². The molecule has 154 valence electrons. The van der Waals surface area contributed by atoms with E-state index in [2.05, 4.69) is 45.2 Å². The summed E-state index contributed by atoms with van der Waals surface area (Å²) in [5.74, 6) is 0.877. The van der Waals surface area contributed by atoms with Crippen molar-refractivity contribution in [1.82, 2.24) is 0 Å². The molecule has 3 N–H and O–H groups in total. The Bertz CT molecular complexity index is 848. The molecule has 2 aromatic carbocycles. The third-order valence-corrected chi connectivity index (χ3v) is 4.66. The first-order valence-electron chi connectivity index (χ1n) is 9.85. The maximum atomic E-state index is 12.1. The molecule has 0 saturated carbocycles. The number of rotatable bonds is 11. The first-order chi connectivity index (χ1) is 13.7. The molecule has 0 aliphatic rings. The number of phenolic OH excluding ortho intramolecular Hbond substituents is 1. The van der Waals surface area contributed by atoms with Crippen LogP contribution in [0.5, 0.6) is 5.75 Å². The zero-order valence-corrected chi connectivity index (χ0v) is 17.4. The largest absolute Gasteiger partial charge is 0.508 e. The Morgan fingerprint density at radius 1 is 1.07 bits per heavy atom. The summed E-state index contributed by atoms with van der Waals surface area (Å²) in [5, 5.41) is 9.29. The summed E-state index contributed by atoms with van der Waals surface area (Å²) < 4.78 is 5.66. The average molecular weight is 394 g/mol. The fraction of sp³-hybridized carbons (Fsp3) is 0.320. The SMILES string of the molecule is C=C(CCC(=C)c1cc(C)cc(C)c1)OC[C@H](N)CC(=O)Cc1ccc(O)cc1. The van der Waals surface area contributed by atoms with E-state index in [4.69, 9.17) is 10.5 Å². The van der Waals surface area contributed by atoms with Gasteiger partial charge in [-0.25, -0.2) is 0 Å². The Hall–Kier alpha value is -2.85. The number of Topliss-reactive ketones (excluding diaryl/α,β-unsaturated/α-hetero) is 1. The van der Waals surface area contributed by atoms with Crippen LogP contribution in [0.3, 0.4) is 0 Å². The molecule has 29 heavy (non-hydrogen) atoms. The highest BCUT2D eigenvalue weighted by Gasteiger charge is 2.12. The van der Waals surface area contributed by atoms with E-state index in [1.54, 1.807) is 24.3 Å². The molecule has 4 nitrogen and oxygen atoms in total. The number of aryl methyl sites for hydroxylation is 2. The van der Waals surface area contributed by atoms with Gasteiger partial charge in [0.1, 0.15) is 18.1 Å². The van der Waals surface area contributed by atoms with Gasteiger partial charge in [0.05, 0.1) is 5.76 Å². The number of ether oxygens (including phenoxy) is 1. The van der Waals surface area contributed by atoms with Gasteiger partial charge in [-0.2, -0.15) is 0 Å². The molecule has 4 heteroatoms. The lowest BCUT2D eigenvalue weighted by atomic mass is 9.98. The highest BCUT2D eigenvalue weighted by molar-refractivity contribution is 5.81. The third-order valence-electron chi connectivity index (χ3n) is 4.66. The number of hydrogen-bond acceptors (Lipinski definition) is 4. The number of carbonyl (C=O) groups excluding carboxylic acids is 1. The van der Waals surface area contributed by atoms with Gasteiger partial charge in [0, 0.05) is 25.3 Å². The Balaban J connectivity index is 1.70. The van der Waals surface area contributed by atoms with E-state index in [1.165, 1.54) is 11.1 Å². The Kier molecular flexibility index (Phi) is 8.22. The minimum atomic E-state index is -0.376. The number of phenols is 1. The van der Waals surface area contributed by atoms with Gasteiger partial charge >= 0.3 is 0 Å². The van der Waals surface area contributed by atoms with Gasteiger partial charge in [0.15, 0.2) is 0 Å². The lowest BCUT2D eigenvalue weighted by Crippen LogP contribution is -2.29. The highest BCUT2D eigenvalue weighted by Crippen LogP contribution is 2.22. The average Bonchev–Trinajstić information content (AvgIpc) is 2.65. The zero-order valence-electron chi connectivity index (χ0n) is 17.4. The molecular formula is C25H31NO3. The second-order valence-electron chi connectivity index (χ2n) is 7.68. The van der Waals surface area contributed by atoms with Gasteiger partial charge in [-0.05, 0) is 49.1 Å². The van der Waals surface area contributed by atoms with Gasteiger partial charge in [-0.3, -0.25) is 4.79 Å². The van der Waals surface area contributed by atoms with E-state index >= 15 is 0 Å². The van der Waals surface area contributed by atoms with Gasteiger partial charge < -0.3 is 15.6 Å². The maximum Gasteiger partial charge on any atom is 0.138 e. The van der Waals surface area contributed by atoms with Crippen molar-refractivity contribution in [1.29, 1.82) is 0 Å². The predicted molar refractivity (Wildman–Crippen MR) is 119 cm³/mol. The molecule has 0 bridgehead atoms. The van der Waals surface area contributed by atoms with Crippen molar-refractivity contribution in [2.45, 2.75) is 45.6 Å². The standard InChI is InChI=1S/C25H31NO3/c1-17-11-18(2)13-22(12-17)19(3)5-6-20(4)29-16-23(26)15-25(28)14-21-7-9-24(27)10-8-21/h7-13,23,27H,3-6,14-16,26H2,1-2H3/t23-/m1/s1.